The maximum absolute atomic E-state index is 4.81. The second kappa shape index (κ2) is 1.83. The Hall–Kier alpha value is -1.03. The average molecular weight is 113 g/mol. The maximum Gasteiger partial charge on any atom is 0.184 e. The fraction of sp³-hybridized carbons (Fsp3) is 0.250. The van der Waals surface area contributed by atoms with E-state index in [9.17, 15) is 0 Å². The lowest BCUT2D eigenvalue weighted by Gasteiger charge is -1.85. The molecule has 0 saturated heterocycles. The predicted molar refractivity (Wildman–Crippen MR) is 28.0 cm³/mol. The molecule has 0 bridgehead atoms. The van der Waals surface area contributed by atoms with Gasteiger partial charge in [-0.25, -0.2) is 0 Å². The van der Waals surface area contributed by atoms with E-state index in [1.165, 1.54) is 0 Å². The van der Waals surface area contributed by atoms with Crippen molar-refractivity contribution in [2.45, 2.75) is 0 Å². The zero-order valence-corrected chi connectivity index (χ0v) is 4.53. The molecule has 0 spiro atoms. The Morgan fingerprint density at radius 3 is 2.88 bits per heavy atom. The number of rotatable bonds is 1. The largest absolute Gasteiger partial charge is 0.408 e. The van der Waals surface area contributed by atoms with Gasteiger partial charge in [0.05, 0.1) is 12.4 Å². The molecule has 0 radical (unpaired) electrons. The van der Waals surface area contributed by atoms with Crippen molar-refractivity contribution in [2.75, 3.05) is 0 Å². The van der Waals surface area contributed by atoms with Gasteiger partial charge in [-0.15, -0.1) is 0 Å². The summed E-state index contributed by atoms with van der Waals surface area (Å²) in [7, 11) is 1.79. The van der Waals surface area contributed by atoms with E-state index in [4.69, 9.17) is 5.90 Å². The minimum absolute atomic E-state index is 0.576. The van der Waals surface area contributed by atoms with Gasteiger partial charge >= 0.3 is 0 Å². The number of hydrogen-bond donors (Lipinski definition) is 1. The van der Waals surface area contributed by atoms with E-state index in [0.29, 0.717) is 5.75 Å². The third-order valence-electron chi connectivity index (χ3n) is 0.817. The standard InChI is InChI=1S/C4H7N3O/c1-7-3-4(8-5)2-6-7/h2-3H,5H2,1H3. The molecule has 1 heterocycles. The first-order valence-corrected chi connectivity index (χ1v) is 2.18. The highest BCUT2D eigenvalue weighted by molar-refractivity contribution is 5.10. The van der Waals surface area contributed by atoms with E-state index in [2.05, 4.69) is 9.94 Å². The molecule has 2 N–H and O–H groups in total. The van der Waals surface area contributed by atoms with Crippen LogP contribution in [-0.4, -0.2) is 9.78 Å². The normalized spacial score (nSPS) is 9.25. The van der Waals surface area contributed by atoms with Gasteiger partial charge in [0.1, 0.15) is 0 Å². The molecule has 1 rings (SSSR count). The van der Waals surface area contributed by atoms with E-state index in [0.717, 1.165) is 0 Å². The zero-order chi connectivity index (χ0) is 5.98. The Bertz CT molecular complexity index is 172. The third-order valence-corrected chi connectivity index (χ3v) is 0.817. The number of aryl methyl sites for hydroxylation is 1. The molecule has 0 aromatic carbocycles. The van der Waals surface area contributed by atoms with Crippen LogP contribution in [0.4, 0.5) is 0 Å². The molecule has 4 heteroatoms. The van der Waals surface area contributed by atoms with Gasteiger partial charge in [0.15, 0.2) is 5.75 Å². The van der Waals surface area contributed by atoms with Crippen LogP contribution in [0.1, 0.15) is 0 Å². The summed E-state index contributed by atoms with van der Waals surface area (Å²) >= 11 is 0. The molecule has 4 nitrogen and oxygen atoms in total. The SMILES string of the molecule is Cn1cc(ON)cn1. The molecule has 0 aliphatic carbocycles. The van der Waals surface area contributed by atoms with Crippen LogP contribution < -0.4 is 10.7 Å². The first-order valence-electron chi connectivity index (χ1n) is 2.18. The molecular formula is C4H7N3O. The van der Waals surface area contributed by atoms with Crippen LogP contribution in [0, 0.1) is 0 Å². The molecule has 44 valence electrons. The lowest BCUT2D eigenvalue weighted by Crippen LogP contribution is -2.00. The van der Waals surface area contributed by atoms with Gasteiger partial charge in [-0.05, 0) is 0 Å². The van der Waals surface area contributed by atoms with Crippen molar-refractivity contribution in [2.24, 2.45) is 12.9 Å². The predicted octanol–water partition coefficient (Wildman–Crippen LogP) is -0.327. The number of aromatic nitrogens is 2. The van der Waals surface area contributed by atoms with Crippen molar-refractivity contribution >= 4 is 0 Å². The van der Waals surface area contributed by atoms with Crippen LogP contribution in [0.5, 0.6) is 5.75 Å². The van der Waals surface area contributed by atoms with Crippen LogP contribution in [0.3, 0.4) is 0 Å². The molecule has 1 aromatic rings. The van der Waals surface area contributed by atoms with Crippen molar-refractivity contribution in [1.82, 2.24) is 9.78 Å². The van der Waals surface area contributed by atoms with Crippen molar-refractivity contribution in [3.05, 3.63) is 12.4 Å². The quantitative estimate of drug-likeness (QED) is 0.507. The highest BCUT2D eigenvalue weighted by Gasteiger charge is 1.90. The lowest BCUT2D eigenvalue weighted by molar-refractivity contribution is 0.334. The Labute approximate surface area is 46.8 Å². The number of nitrogens with zero attached hydrogens (tertiary/aromatic N) is 2. The lowest BCUT2D eigenvalue weighted by atomic mass is 10.7. The molecule has 0 atom stereocenters. The second-order valence-electron chi connectivity index (χ2n) is 1.47. The topological polar surface area (TPSA) is 53.1 Å². The van der Waals surface area contributed by atoms with E-state index in [-0.39, 0.29) is 0 Å². The van der Waals surface area contributed by atoms with E-state index < -0.39 is 0 Å². The highest BCUT2D eigenvalue weighted by Crippen LogP contribution is 2.02. The zero-order valence-electron chi connectivity index (χ0n) is 4.53. The van der Waals surface area contributed by atoms with Gasteiger partial charge in [-0.3, -0.25) is 4.68 Å². The molecule has 1 aromatic heterocycles. The molecule has 0 fully saturated rings. The fourth-order valence-corrected chi connectivity index (χ4v) is 0.460. The van der Waals surface area contributed by atoms with Crippen LogP contribution in [0.15, 0.2) is 12.4 Å². The number of nitrogens with two attached hydrogens (primary N) is 1. The Morgan fingerprint density at radius 2 is 2.62 bits per heavy atom. The van der Waals surface area contributed by atoms with E-state index >= 15 is 0 Å². The molecule has 0 amide bonds. The molecule has 8 heavy (non-hydrogen) atoms. The van der Waals surface area contributed by atoms with Gasteiger partial charge in [-0.2, -0.15) is 11.0 Å². The fourth-order valence-electron chi connectivity index (χ4n) is 0.460. The minimum atomic E-state index is 0.576. The highest BCUT2D eigenvalue weighted by atomic mass is 16.6. The second-order valence-corrected chi connectivity index (χ2v) is 1.47. The summed E-state index contributed by atoms with van der Waals surface area (Å²) in [6, 6.07) is 0. The smallest absolute Gasteiger partial charge is 0.184 e. The van der Waals surface area contributed by atoms with Gasteiger partial charge in [0.2, 0.25) is 0 Å². The van der Waals surface area contributed by atoms with Crippen molar-refractivity contribution < 1.29 is 4.84 Å². The monoisotopic (exact) mass is 113 g/mol. The summed E-state index contributed by atoms with van der Waals surface area (Å²) < 4.78 is 1.61. The number of hydrogen-bond acceptors (Lipinski definition) is 3. The third kappa shape index (κ3) is 0.788. The summed E-state index contributed by atoms with van der Waals surface area (Å²) in [5, 5.41) is 3.80. The van der Waals surface area contributed by atoms with Crippen LogP contribution in [0.25, 0.3) is 0 Å². The first-order chi connectivity index (χ1) is 3.83. The van der Waals surface area contributed by atoms with Gasteiger partial charge in [-0.1, -0.05) is 0 Å². The maximum atomic E-state index is 4.81. The molecular weight excluding hydrogens is 106 g/mol. The van der Waals surface area contributed by atoms with E-state index in [1.807, 2.05) is 0 Å². The van der Waals surface area contributed by atoms with Crippen molar-refractivity contribution in [3.63, 3.8) is 0 Å². The summed E-state index contributed by atoms with van der Waals surface area (Å²) in [4.78, 5) is 4.35. The minimum Gasteiger partial charge on any atom is -0.408 e. The molecule has 0 aliphatic rings. The molecule has 0 unspecified atom stereocenters. The Balaban J connectivity index is 2.84. The first kappa shape index (κ1) is 5.11. The molecule has 0 saturated carbocycles. The summed E-state index contributed by atoms with van der Waals surface area (Å²) in [6.07, 6.45) is 3.22. The van der Waals surface area contributed by atoms with Crippen LogP contribution >= 0.6 is 0 Å². The van der Waals surface area contributed by atoms with Crippen molar-refractivity contribution in [1.29, 1.82) is 0 Å². The van der Waals surface area contributed by atoms with E-state index in [1.54, 1.807) is 24.1 Å². The van der Waals surface area contributed by atoms with Crippen LogP contribution in [-0.2, 0) is 7.05 Å². The van der Waals surface area contributed by atoms with Gasteiger partial charge in [0, 0.05) is 7.05 Å². The summed E-state index contributed by atoms with van der Waals surface area (Å²) in [6.45, 7) is 0. The average Bonchev–Trinajstić information content (AvgIpc) is 2.14. The van der Waals surface area contributed by atoms with Crippen molar-refractivity contribution in [3.8, 4) is 5.75 Å². The Morgan fingerprint density at radius 1 is 1.88 bits per heavy atom. The Kier molecular flexibility index (Phi) is 1.17. The van der Waals surface area contributed by atoms with Gasteiger partial charge in [0.25, 0.3) is 0 Å². The molecule has 0 aliphatic heterocycles. The van der Waals surface area contributed by atoms with Gasteiger partial charge < -0.3 is 4.84 Å². The summed E-state index contributed by atoms with van der Waals surface area (Å²) in [5.74, 6) is 5.39. The summed E-state index contributed by atoms with van der Waals surface area (Å²) in [5.41, 5.74) is 0. The van der Waals surface area contributed by atoms with Crippen LogP contribution in [0.2, 0.25) is 0 Å².